The Bertz CT molecular complexity index is 2150. The quantitative estimate of drug-likeness (QED) is 0.101. The minimum Gasteiger partial charge on any atom is -0.438 e. The summed E-state index contributed by atoms with van der Waals surface area (Å²) in [5, 5.41) is 32.7. The number of cyclic esters (lactones) is 1. The number of carbonyl (C=O) groups is 2. The van der Waals surface area contributed by atoms with Crippen molar-refractivity contribution in [3.05, 3.63) is 171 Å². The third-order valence-corrected chi connectivity index (χ3v) is 12.0. The summed E-state index contributed by atoms with van der Waals surface area (Å²) in [5.74, 6) is 0.454. The molecule has 0 bridgehead atoms. The smallest absolute Gasteiger partial charge is 0.415 e. The molecule has 1 aliphatic heterocycles. The molecule has 6 rings (SSSR count). The highest BCUT2D eigenvalue weighted by molar-refractivity contribution is 9.10. The molecule has 2 amide bonds. The van der Waals surface area contributed by atoms with Crippen LogP contribution in [0.4, 0.5) is 9.59 Å². The van der Waals surface area contributed by atoms with Gasteiger partial charge in [0.05, 0.1) is 28.9 Å². The number of ether oxygens (including phenoxy) is 2. The highest BCUT2D eigenvalue weighted by Crippen LogP contribution is 2.42. The van der Waals surface area contributed by atoms with Crippen molar-refractivity contribution in [2.24, 2.45) is 0 Å². The molecule has 0 aromatic heterocycles. The molecule has 1 aliphatic rings. The Balaban J connectivity index is 0.000000237. The molecule has 3 N–H and O–H groups in total. The van der Waals surface area contributed by atoms with E-state index in [1.165, 1.54) is 0 Å². The van der Waals surface area contributed by atoms with Crippen LogP contribution in [0.3, 0.4) is 0 Å². The van der Waals surface area contributed by atoms with Gasteiger partial charge in [-0.25, -0.2) is 9.59 Å². The van der Waals surface area contributed by atoms with E-state index in [1.807, 2.05) is 141 Å². The summed E-state index contributed by atoms with van der Waals surface area (Å²) in [6, 6.07) is 43.3. The number of amides is 2. The zero-order valence-electron chi connectivity index (χ0n) is 35.8. The van der Waals surface area contributed by atoms with Crippen molar-refractivity contribution in [2.75, 3.05) is 13.1 Å². The lowest BCUT2D eigenvalue weighted by Gasteiger charge is -2.45. The van der Waals surface area contributed by atoms with E-state index in [-0.39, 0.29) is 37.6 Å². The Kier molecular flexibility index (Phi) is 16.0. The van der Waals surface area contributed by atoms with E-state index in [4.69, 9.17) is 9.47 Å². The van der Waals surface area contributed by atoms with Crippen LogP contribution in [0.1, 0.15) is 102 Å². The first-order valence-corrected chi connectivity index (χ1v) is 22.2. The SMILES string of the molecule is C[C@@H](c1ccc(Br)cc1)N(CC[C@](O)(CC(C)(C)O)c1ccccc1)C(=O)Oc1ccccc1.C[C@@H](c1ccc(Br)cc1)N1CC[C@](CC(C)(C)O)(c2ccccc2)OC1=O. The molecule has 1 fully saturated rings. The molecule has 4 atom stereocenters. The number of halogens is 2. The molecule has 5 aromatic carbocycles. The summed E-state index contributed by atoms with van der Waals surface area (Å²) in [4.78, 5) is 29.6. The molecule has 324 valence electrons. The highest BCUT2D eigenvalue weighted by atomic mass is 79.9. The van der Waals surface area contributed by atoms with Crippen molar-refractivity contribution in [2.45, 2.75) is 102 Å². The fraction of sp³-hybridized carbons (Fsp3) is 0.360. The third kappa shape index (κ3) is 13.5. The van der Waals surface area contributed by atoms with Gasteiger partial charge >= 0.3 is 12.2 Å². The lowest BCUT2D eigenvalue weighted by molar-refractivity contribution is -0.101. The predicted molar refractivity (Wildman–Crippen MR) is 247 cm³/mol. The van der Waals surface area contributed by atoms with E-state index >= 15 is 0 Å². The summed E-state index contributed by atoms with van der Waals surface area (Å²) in [6.45, 7) is 11.6. The number of para-hydroxylation sites is 1. The van der Waals surface area contributed by atoms with Crippen LogP contribution >= 0.6 is 31.9 Å². The number of rotatable bonds is 14. The van der Waals surface area contributed by atoms with Gasteiger partial charge < -0.3 is 34.6 Å². The molecule has 0 spiro atoms. The van der Waals surface area contributed by atoms with E-state index in [9.17, 15) is 24.9 Å². The summed E-state index contributed by atoms with van der Waals surface area (Å²) in [7, 11) is 0. The first-order chi connectivity index (χ1) is 28.8. The Hall–Kier alpha value is -4.52. The Morgan fingerprint density at radius 1 is 0.754 bits per heavy atom. The second-order valence-electron chi connectivity index (χ2n) is 17.1. The van der Waals surface area contributed by atoms with E-state index in [2.05, 4.69) is 31.9 Å². The summed E-state index contributed by atoms with van der Waals surface area (Å²) in [6.07, 6.45) is 0.499. The van der Waals surface area contributed by atoms with Gasteiger partial charge in [0.25, 0.3) is 0 Å². The van der Waals surface area contributed by atoms with Gasteiger partial charge in [0.15, 0.2) is 0 Å². The molecule has 0 unspecified atom stereocenters. The summed E-state index contributed by atoms with van der Waals surface area (Å²) >= 11 is 6.90. The molecular weight excluding hydrogens is 900 g/mol. The molecule has 0 saturated carbocycles. The van der Waals surface area contributed by atoms with Crippen LogP contribution in [-0.4, -0.2) is 61.6 Å². The predicted octanol–water partition coefficient (Wildman–Crippen LogP) is 11.9. The van der Waals surface area contributed by atoms with E-state index < -0.39 is 28.5 Å². The lowest BCUT2D eigenvalue weighted by atomic mass is 9.80. The minimum atomic E-state index is -1.33. The molecule has 0 radical (unpaired) electrons. The normalized spacial score (nSPS) is 17.5. The molecule has 0 aliphatic carbocycles. The van der Waals surface area contributed by atoms with Crippen LogP contribution in [0.25, 0.3) is 0 Å². The fourth-order valence-electron chi connectivity index (χ4n) is 7.93. The first-order valence-electron chi connectivity index (χ1n) is 20.6. The molecule has 61 heavy (non-hydrogen) atoms. The minimum absolute atomic E-state index is 0.0819. The molecule has 11 heteroatoms. The maximum Gasteiger partial charge on any atom is 0.415 e. The third-order valence-electron chi connectivity index (χ3n) is 10.9. The van der Waals surface area contributed by atoms with Crippen molar-refractivity contribution in [1.82, 2.24) is 9.80 Å². The number of hydrogen-bond donors (Lipinski definition) is 3. The maximum absolute atomic E-state index is 13.3. The Morgan fingerprint density at radius 2 is 1.26 bits per heavy atom. The molecule has 9 nitrogen and oxygen atoms in total. The van der Waals surface area contributed by atoms with Crippen molar-refractivity contribution < 1.29 is 34.4 Å². The van der Waals surface area contributed by atoms with Gasteiger partial charge in [0, 0.05) is 41.3 Å². The van der Waals surface area contributed by atoms with Gasteiger partial charge in [-0.3, -0.25) is 0 Å². The topological polar surface area (TPSA) is 120 Å². The van der Waals surface area contributed by atoms with E-state index in [0.29, 0.717) is 30.7 Å². The maximum atomic E-state index is 13.3. The van der Waals surface area contributed by atoms with Gasteiger partial charge in [0.1, 0.15) is 11.4 Å². The summed E-state index contributed by atoms with van der Waals surface area (Å²) < 4.78 is 13.7. The van der Waals surface area contributed by atoms with Gasteiger partial charge in [-0.2, -0.15) is 0 Å². The highest BCUT2D eigenvalue weighted by Gasteiger charge is 2.46. The van der Waals surface area contributed by atoms with E-state index in [1.54, 1.807) is 49.6 Å². The van der Waals surface area contributed by atoms with Gasteiger partial charge in [0.2, 0.25) is 0 Å². The van der Waals surface area contributed by atoms with Crippen molar-refractivity contribution in [1.29, 1.82) is 0 Å². The number of nitrogens with zero attached hydrogens (tertiary/aromatic N) is 2. The molecule has 5 aromatic rings. The standard InChI is InChI=1S/C28H32BrNO4.C22H26BrNO3/c1-21(22-14-16-24(29)17-15-22)30(26(31)34-25-12-8-5-9-13-25)19-18-28(33,20-27(2,3)32)23-10-6-4-7-11-23;1-16(17-9-11-19(23)12-10-17)24-14-13-22(27-20(24)25,15-21(2,3)26)18-7-5-4-6-8-18/h4-17,21,32-33H,18-20H2,1-3H3;4-12,16,26H,13-15H2,1-3H3/t21-,28-;16-,22-/m00/s1. The van der Waals surface area contributed by atoms with Crippen molar-refractivity contribution in [3.63, 3.8) is 0 Å². The first kappa shape index (κ1) is 47.5. The average molecular weight is 959 g/mol. The molecular formula is C50H58Br2N2O7. The largest absolute Gasteiger partial charge is 0.438 e. The number of aliphatic hydroxyl groups is 3. The Morgan fingerprint density at radius 3 is 1.77 bits per heavy atom. The van der Waals surface area contributed by atoms with Crippen LogP contribution in [0, 0.1) is 0 Å². The Labute approximate surface area is 377 Å². The fourth-order valence-corrected chi connectivity index (χ4v) is 8.46. The molecule has 1 heterocycles. The second-order valence-corrected chi connectivity index (χ2v) is 19.0. The lowest BCUT2D eigenvalue weighted by Crippen LogP contribution is -2.51. The van der Waals surface area contributed by atoms with E-state index in [0.717, 1.165) is 25.6 Å². The van der Waals surface area contributed by atoms with Crippen LogP contribution in [0.2, 0.25) is 0 Å². The zero-order valence-corrected chi connectivity index (χ0v) is 39.0. The number of benzene rings is 5. The van der Waals surface area contributed by atoms with Gasteiger partial charge in [-0.15, -0.1) is 0 Å². The van der Waals surface area contributed by atoms with Crippen molar-refractivity contribution >= 4 is 44.0 Å². The average Bonchev–Trinajstić information content (AvgIpc) is 3.21. The zero-order chi connectivity index (χ0) is 44.4. The number of carbonyl (C=O) groups excluding carboxylic acids is 2. The van der Waals surface area contributed by atoms with Gasteiger partial charge in [-0.05, 0) is 107 Å². The second kappa shape index (κ2) is 20.6. The van der Waals surface area contributed by atoms with Crippen LogP contribution in [0.5, 0.6) is 5.75 Å². The van der Waals surface area contributed by atoms with Crippen LogP contribution in [-0.2, 0) is 15.9 Å². The van der Waals surface area contributed by atoms with Crippen LogP contribution in [0.15, 0.2) is 148 Å². The number of hydrogen-bond acceptors (Lipinski definition) is 7. The molecule has 1 saturated heterocycles. The van der Waals surface area contributed by atoms with Crippen molar-refractivity contribution in [3.8, 4) is 5.75 Å². The van der Waals surface area contributed by atoms with Crippen LogP contribution < -0.4 is 4.74 Å². The monoisotopic (exact) mass is 956 g/mol. The summed E-state index contributed by atoms with van der Waals surface area (Å²) in [5.41, 5.74) is -0.561. The van der Waals surface area contributed by atoms with Gasteiger partial charge in [-0.1, -0.05) is 135 Å².